The summed E-state index contributed by atoms with van der Waals surface area (Å²) in [4.78, 5) is 14.2. The summed E-state index contributed by atoms with van der Waals surface area (Å²) in [6.45, 7) is 4.90. The Morgan fingerprint density at radius 2 is 1.88 bits per heavy atom. The zero-order chi connectivity index (χ0) is 18.0. The fraction of sp³-hybridized carbons (Fsp3) is 0.471. The molecule has 0 saturated heterocycles. The van der Waals surface area contributed by atoms with Crippen LogP contribution in [0.2, 0.25) is 0 Å². The Hall–Kier alpha value is -1.31. The van der Waals surface area contributed by atoms with Crippen molar-refractivity contribution in [1.82, 2.24) is 9.62 Å². The fourth-order valence-electron chi connectivity index (χ4n) is 2.19. The van der Waals surface area contributed by atoms with Crippen LogP contribution in [0, 0.1) is 0 Å². The molecule has 1 unspecified atom stereocenters. The van der Waals surface area contributed by atoms with Gasteiger partial charge in [-0.2, -0.15) is 16.5 Å². The molecule has 0 heterocycles. The molecule has 134 valence electrons. The van der Waals surface area contributed by atoms with Crippen molar-refractivity contribution >= 4 is 33.8 Å². The van der Waals surface area contributed by atoms with E-state index in [1.54, 1.807) is 16.7 Å². The highest BCUT2D eigenvalue weighted by atomic mass is 32.2. The molecule has 1 amide bonds. The van der Waals surface area contributed by atoms with Gasteiger partial charge in [-0.1, -0.05) is 30.3 Å². The molecule has 24 heavy (non-hydrogen) atoms. The van der Waals surface area contributed by atoms with Crippen molar-refractivity contribution in [3.05, 3.63) is 41.3 Å². The first-order valence-electron chi connectivity index (χ1n) is 7.96. The average molecular weight is 371 g/mol. The molecule has 0 aliphatic rings. The smallest absolute Gasteiger partial charge is 0.240 e. The summed E-state index contributed by atoms with van der Waals surface area (Å²) in [5.41, 5.74) is 0.790. The summed E-state index contributed by atoms with van der Waals surface area (Å²) in [5.74, 6) is 0.536. The number of hydrogen-bond acceptors (Lipinski definition) is 4. The van der Waals surface area contributed by atoms with Crippen LogP contribution in [-0.2, 0) is 14.8 Å². The zero-order valence-electron chi connectivity index (χ0n) is 14.4. The number of carbonyl (C=O) groups is 1. The first-order chi connectivity index (χ1) is 11.4. The highest BCUT2D eigenvalue weighted by molar-refractivity contribution is 7.98. The molecule has 0 bridgehead atoms. The Morgan fingerprint density at radius 3 is 2.42 bits per heavy atom. The van der Waals surface area contributed by atoms with Crippen molar-refractivity contribution in [3.8, 4) is 0 Å². The van der Waals surface area contributed by atoms with E-state index in [9.17, 15) is 13.2 Å². The molecule has 7 heteroatoms. The molecule has 1 rings (SSSR count). The van der Waals surface area contributed by atoms with Gasteiger partial charge < -0.3 is 4.90 Å². The van der Waals surface area contributed by atoms with Crippen LogP contribution in [-0.4, -0.2) is 50.4 Å². The molecule has 5 nitrogen and oxygen atoms in total. The Bertz CT molecular complexity index is 626. The molecule has 1 atom stereocenters. The second-order valence-corrected chi connectivity index (χ2v) is 7.80. The van der Waals surface area contributed by atoms with Gasteiger partial charge in [-0.15, -0.1) is 0 Å². The molecule has 0 aromatic heterocycles. The van der Waals surface area contributed by atoms with Gasteiger partial charge in [0.2, 0.25) is 15.9 Å². The van der Waals surface area contributed by atoms with Crippen LogP contribution in [0.3, 0.4) is 0 Å². The van der Waals surface area contributed by atoms with Gasteiger partial charge in [-0.3, -0.25) is 4.79 Å². The molecule has 0 spiro atoms. The summed E-state index contributed by atoms with van der Waals surface area (Å²) in [6, 6.07) is 8.44. The molecule has 0 fully saturated rings. The fourth-order valence-corrected chi connectivity index (χ4v) is 3.70. The van der Waals surface area contributed by atoms with Gasteiger partial charge in [0, 0.05) is 18.5 Å². The topological polar surface area (TPSA) is 66.5 Å². The van der Waals surface area contributed by atoms with Crippen molar-refractivity contribution in [2.45, 2.75) is 26.3 Å². The number of thioether (sulfide) groups is 1. The molecule has 0 saturated carbocycles. The van der Waals surface area contributed by atoms with Gasteiger partial charge in [0.1, 0.15) is 6.04 Å². The average Bonchev–Trinajstić information content (AvgIpc) is 2.58. The van der Waals surface area contributed by atoms with Gasteiger partial charge in [-0.05, 0) is 43.9 Å². The molecule has 1 aromatic rings. The SMILES string of the molecule is CCN(CC)C(=O)C(CCSC)NS(=O)(=O)/C=C/c1ccccc1. The van der Waals surface area contributed by atoms with E-state index in [-0.39, 0.29) is 5.91 Å². The van der Waals surface area contributed by atoms with Crippen LogP contribution in [0.5, 0.6) is 0 Å². The predicted octanol–water partition coefficient (Wildman–Crippen LogP) is 2.57. The van der Waals surface area contributed by atoms with Gasteiger partial charge in [0.15, 0.2) is 0 Å². The molecule has 1 N–H and O–H groups in total. The van der Waals surface area contributed by atoms with Gasteiger partial charge in [-0.25, -0.2) is 8.42 Å². The molecular weight excluding hydrogens is 344 g/mol. The number of rotatable bonds is 10. The molecule has 1 aromatic carbocycles. The standard InChI is InChI=1S/C17H26N2O3S2/c1-4-19(5-2)17(20)16(11-13-23-3)18-24(21,22)14-12-15-9-7-6-8-10-15/h6-10,12,14,16,18H,4-5,11,13H2,1-3H3/b14-12+. The summed E-state index contributed by atoms with van der Waals surface area (Å²) < 4.78 is 27.1. The number of benzene rings is 1. The molecule has 0 radical (unpaired) electrons. The quantitative estimate of drug-likeness (QED) is 0.687. The third kappa shape index (κ3) is 7.07. The van der Waals surface area contributed by atoms with Crippen molar-refractivity contribution in [2.75, 3.05) is 25.1 Å². The van der Waals surface area contributed by atoms with E-state index in [0.717, 1.165) is 11.0 Å². The third-order valence-electron chi connectivity index (χ3n) is 3.53. The first kappa shape index (κ1) is 20.7. The number of likely N-dealkylation sites (N-methyl/N-ethyl adjacent to an activating group) is 1. The van der Waals surface area contributed by atoms with Crippen molar-refractivity contribution in [3.63, 3.8) is 0 Å². The maximum atomic E-state index is 12.5. The van der Waals surface area contributed by atoms with E-state index in [1.165, 1.54) is 6.08 Å². The Kier molecular flexibility index (Phi) is 9.10. The van der Waals surface area contributed by atoms with Crippen LogP contribution in [0.1, 0.15) is 25.8 Å². The largest absolute Gasteiger partial charge is 0.342 e. The van der Waals surface area contributed by atoms with E-state index in [1.807, 2.05) is 50.4 Å². The minimum absolute atomic E-state index is 0.175. The Labute approximate surface area is 149 Å². The second kappa shape index (κ2) is 10.5. The highest BCUT2D eigenvalue weighted by Gasteiger charge is 2.25. The summed E-state index contributed by atoms with van der Waals surface area (Å²) in [6.07, 6.45) is 3.92. The third-order valence-corrected chi connectivity index (χ3v) is 5.28. The van der Waals surface area contributed by atoms with Crippen LogP contribution in [0.25, 0.3) is 6.08 Å². The Morgan fingerprint density at radius 1 is 1.25 bits per heavy atom. The first-order valence-corrected chi connectivity index (χ1v) is 10.9. The normalized spacial score (nSPS) is 13.1. The molecular formula is C17H26N2O3S2. The van der Waals surface area contributed by atoms with Gasteiger partial charge in [0.25, 0.3) is 0 Å². The number of amides is 1. The van der Waals surface area contributed by atoms with Crippen molar-refractivity contribution < 1.29 is 13.2 Å². The molecule has 0 aliphatic heterocycles. The van der Waals surface area contributed by atoms with Crippen molar-refractivity contribution in [1.29, 1.82) is 0 Å². The minimum atomic E-state index is -3.69. The molecule has 0 aliphatic carbocycles. The lowest BCUT2D eigenvalue weighted by Crippen LogP contribution is -2.48. The lowest BCUT2D eigenvalue weighted by atomic mass is 10.2. The number of hydrogen-bond donors (Lipinski definition) is 1. The summed E-state index contributed by atoms with van der Waals surface area (Å²) in [7, 11) is -3.69. The second-order valence-electron chi connectivity index (χ2n) is 5.22. The number of nitrogens with zero attached hydrogens (tertiary/aromatic N) is 1. The predicted molar refractivity (Wildman–Crippen MR) is 102 cm³/mol. The number of nitrogens with one attached hydrogen (secondary N) is 1. The Balaban J connectivity index is 2.87. The van der Waals surface area contributed by atoms with E-state index in [0.29, 0.717) is 25.3 Å². The zero-order valence-corrected chi connectivity index (χ0v) is 16.1. The van der Waals surface area contributed by atoms with Crippen molar-refractivity contribution in [2.24, 2.45) is 0 Å². The van der Waals surface area contributed by atoms with Crippen LogP contribution in [0.15, 0.2) is 35.7 Å². The maximum absolute atomic E-state index is 12.5. The van der Waals surface area contributed by atoms with E-state index in [2.05, 4.69) is 4.72 Å². The van der Waals surface area contributed by atoms with Gasteiger partial charge in [0.05, 0.1) is 0 Å². The van der Waals surface area contributed by atoms with Gasteiger partial charge >= 0.3 is 0 Å². The van der Waals surface area contributed by atoms with E-state index in [4.69, 9.17) is 0 Å². The van der Waals surface area contributed by atoms with E-state index < -0.39 is 16.1 Å². The lowest BCUT2D eigenvalue weighted by molar-refractivity contribution is -0.132. The summed E-state index contributed by atoms with van der Waals surface area (Å²) in [5, 5.41) is 1.12. The monoisotopic (exact) mass is 370 g/mol. The van der Waals surface area contributed by atoms with Crippen LogP contribution < -0.4 is 4.72 Å². The number of carbonyl (C=O) groups excluding carboxylic acids is 1. The lowest BCUT2D eigenvalue weighted by Gasteiger charge is -2.25. The van der Waals surface area contributed by atoms with Crippen LogP contribution in [0.4, 0.5) is 0 Å². The minimum Gasteiger partial charge on any atom is -0.342 e. The number of sulfonamides is 1. The van der Waals surface area contributed by atoms with E-state index >= 15 is 0 Å². The summed E-state index contributed by atoms with van der Waals surface area (Å²) >= 11 is 1.59. The van der Waals surface area contributed by atoms with Crippen LogP contribution >= 0.6 is 11.8 Å². The maximum Gasteiger partial charge on any atom is 0.240 e. The highest BCUT2D eigenvalue weighted by Crippen LogP contribution is 2.08.